The van der Waals surface area contributed by atoms with Gasteiger partial charge in [0.2, 0.25) is 0 Å². The average molecular weight is 223 g/mol. The Morgan fingerprint density at radius 3 is 2.81 bits per heavy atom. The van der Waals surface area contributed by atoms with Crippen molar-refractivity contribution in [3.8, 4) is 11.5 Å². The second-order valence-electron chi connectivity index (χ2n) is 4.03. The van der Waals surface area contributed by atoms with E-state index in [0.717, 1.165) is 23.7 Å². The Hall–Kier alpha value is -1.42. The Bertz CT molecular complexity index is 354. The van der Waals surface area contributed by atoms with Crippen molar-refractivity contribution < 1.29 is 14.6 Å². The van der Waals surface area contributed by atoms with Gasteiger partial charge in [-0.1, -0.05) is 6.92 Å². The third-order valence-corrected chi connectivity index (χ3v) is 2.51. The maximum atomic E-state index is 8.92. The van der Waals surface area contributed by atoms with E-state index < -0.39 is 0 Å². The number of aliphatic hydroxyl groups excluding tert-OH is 1. The van der Waals surface area contributed by atoms with E-state index in [-0.39, 0.29) is 12.5 Å². The van der Waals surface area contributed by atoms with Crippen molar-refractivity contribution in [1.82, 2.24) is 0 Å². The van der Waals surface area contributed by atoms with E-state index in [9.17, 15) is 0 Å². The van der Waals surface area contributed by atoms with Gasteiger partial charge in [-0.15, -0.1) is 0 Å². The van der Waals surface area contributed by atoms with Crippen LogP contribution < -0.4 is 14.8 Å². The van der Waals surface area contributed by atoms with Crippen LogP contribution >= 0.6 is 0 Å². The van der Waals surface area contributed by atoms with Crippen LogP contribution in [0.1, 0.15) is 6.92 Å². The molecule has 16 heavy (non-hydrogen) atoms. The molecule has 1 aromatic carbocycles. The molecular weight excluding hydrogens is 206 g/mol. The molecule has 0 spiro atoms. The molecule has 0 amide bonds. The van der Waals surface area contributed by atoms with Crippen LogP contribution in [0.25, 0.3) is 0 Å². The van der Waals surface area contributed by atoms with Crippen LogP contribution in [0.5, 0.6) is 11.5 Å². The minimum atomic E-state index is 0.192. The Balaban J connectivity index is 2.00. The summed E-state index contributed by atoms with van der Waals surface area (Å²) < 4.78 is 10.9. The summed E-state index contributed by atoms with van der Waals surface area (Å²) in [5.41, 5.74) is 0.990. The molecule has 1 unspecified atom stereocenters. The number of ether oxygens (including phenoxy) is 2. The summed E-state index contributed by atoms with van der Waals surface area (Å²) in [6.07, 6.45) is 0. The highest BCUT2D eigenvalue weighted by Gasteiger charge is 2.11. The van der Waals surface area contributed by atoms with Gasteiger partial charge in [-0.3, -0.25) is 0 Å². The number of hydrogen-bond donors (Lipinski definition) is 2. The molecule has 1 aliphatic rings. The van der Waals surface area contributed by atoms with E-state index in [1.807, 2.05) is 25.1 Å². The molecule has 88 valence electrons. The van der Waals surface area contributed by atoms with Gasteiger partial charge < -0.3 is 19.9 Å². The predicted octanol–water partition coefficient (Wildman–Crippen LogP) is 1.50. The van der Waals surface area contributed by atoms with Crippen molar-refractivity contribution in [3.63, 3.8) is 0 Å². The molecule has 0 saturated heterocycles. The van der Waals surface area contributed by atoms with Crippen LogP contribution in [0.2, 0.25) is 0 Å². The predicted molar refractivity (Wildman–Crippen MR) is 62.2 cm³/mol. The van der Waals surface area contributed by atoms with Gasteiger partial charge >= 0.3 is 0 Å². The summed E-state index contributed by atoms with van der Waals surface area (Å²) in [6, 6.07) is 5.79. The molecule has 4 nitrogen and oxygen atoms in total. The van der Waals surface area contributed by atoms with Gasteiger partial charge in [0.25, 0.3) is 0 Å². The van der Waals surface area contributed by atoms with Gasteiger partial charge in [-0.2, -0.15) is 0 Å². The second-order valence-corrected chi connectivity index (χ2v) is 4.03. The summed E-state index contributed by atoms with van der Waals surface area (Å²) in [4.78, 5) is 0. The number of nitrogens with one attached hydrogen (secondary N) is 1. The topological polar surface area (TPSA) is 50.7 Å². The minimum Gasteiger partial charge on any atom is -0.486 e. The number of anilines is 1. The normalized spacial score (nSPS) is 15.6. The molecule has 2 rings (SSSR count). The molecule has 0 radical (unpaired) electrons. The van der Waals surface area contributed by atoms with Crippen molar-refractivity contribution in [2.45, 2.75) is 6.92 Å². The highest BCUT2D eigenvalue weighted by atomic mass is 16.6. The molecular formula is C12H17NO3. The van der Waals surface area contributed by atoms with E-state index in [4.69, 9.17) is 14.6 Å². The zero-order valence-corrected chi connectivity index (χ0v) is 9.40. The van der Waals surface area contributed by atoms with Crippen LogP contribution in [0, 0.1) is 5.92 Å². The molecule has 1 aromatic rings. The van der Waals surface area contributed by atoms with Gasteiger partial charge in [0.05, 0.1) is 0 Å². The van der Waals surface area contributed by atoms with Gasteiger partial charge in [0, 0.05) is 24.9 Å². The van der Waals surface area contributed by atoms with Crippen molar-refractivity contribution >= 4 is 5.69 Å². The maximum Gasteiger partial charge on any atom is 0.163 e. The molecule has 0 aliphatic carbocycles. The lowest BCUT2D eigenvalue weighted by Crippen LogP contribution is -2.17. The molecule has 1 heterocycles. The second kappa shape index (κ2) is 5.07. The molecule has 0 saturated carbocycles. The quantitative estimate of drug-likeness (QED) is 0.812. The van der Waals surface area contributed by atoms with Gasteiger partial charge in [-0.05, 0) is 18.1 Å². The van der Waals surface area contributed by atoms with E-state index in [1.165, 1.54) is 0 Å². The Morgan fingerprint density at radius 1 is 1.31 bits per heavy atom. The third kappa shape index (κ3) is 2.58. The lowest BCUT2D eigenvalue weighted by Gasteiger charge is -2.19. The molecule has 0 fully saturated rings. The number of fused-ring (bicyclic) bond motifs is 1. The highest BCUT2D eigenvalue weighted by Crippen LogP contribution is 2.32. The first-order chi connectivity index (χ1) is 7.79. The molecule has 0 aromatic heterocycles. The summed E-state index contributed by atoms with van der Waals surface area (Å²) in [7, 11) is 0. The number of aliphatic hydroxyl groups is 1. The van der Waals surface area contributed by atoms with Crippen LogP contribution in [-0.2, 0) is 0 Å². The third-order valence-electron chi connectivity index (χ3n) is 2.51. The first-order valence-corrected chi connectivity index (χ1v) is 5.54. The van der Waals surface area contributed by atoms with Gasteiger partial charge in [0.15, 0.2) is 11.5 Å². The van der Waals surface area contributed by atoms with Crippen molar-refractivity contribution in [1.29, 1.82) is 0 Å². The van der Waals surface area contributed by atoms with Gasteiger partial charge in [-0.25, -0.2) is 0 Å². The standard InChI is InChI=1S/C12H17NO3/c1-9(8-14)7-13-10-2-3-11-12(6-10)16-5-4-15-11/h2-3,6,9,13-14H,4-5,7-8H2,1H3. The van der Waals surface area contributed by atoms with Crippen molar-refractivity contribution in [2.24, 2.45) is 5.92 Å². The molecule has 4 heteroatoms. The summed E-state index contributed by atoms with van der Waals surface area (Å²) >= 11 is 0. The first-order valence-electron chi connectivity index (χ1n) is 5.54. The van der Waals surface area contributed by atoms with Crippen molar-refractivity contribution in [2.75, 3.05) is 31.7 Å². The monoisotopic (exact) mass is 223 g/mol. The Kier molecular flexibility index (Phi) is 3.51. The van der Waals surface area contributed by atoms with Crippen LogP contribution in [-0.4, -0.2) is 31.5 Å². The highest BCUT2D eigenvalue weighted by molar-refractivity contribution is 5.55. The van der Waals surface area contributed by atoms with E-state index in [2.05, 4.69) is 5.32 Å². The van der Waals surface area contributed by atoms with Crippen LogP contribution in [0.3, 0.4) is 0 Å². The fourth-order valence-corrected chi connectivity index (χ4v) is 1.51. The SMILES string of the molecule is CC(CO)CNc1ccc2c(c1)OCCO2. The van der Waals surface area contributed by atoms with Gasteiger partial charge in [0.1, 0.15) is 13.2 Å². The summed E-state index contributed by atoms with van der Waals surface area (Å²) in [5, 5.41) is 12.2. The van der Waals surface area contributed by atoms with E-state index in [1.54, 1.807) is 0 Å². The molecule has 0 bridgehead atoms. The number of hydrogen-bond acceptors (Lipinski definition) is 4. The average Bonchev–Trinajstić information content (AvgIpc) is 2.35. The fourth-order valence-electron chi connectivity index (χ4n) is 1.51. The first kappa shape index (κ1) is 11.1. The van der Waals surface area contributed by atoms with E-state index >= 15 is 0 Å². The fraction of sp³-hybridized carbons (Fsp3) is 0.500. The van der Waals surface area contributed by atoms with E-state index in [0.29, 0.717) is 13.2 Å². The number of rotatable bonds is 4. The largest absolute Gasteiger partial charge is 0.486 e. The molecule has 1 aliphatic heterocycles. The van der Waals surface area contributed by atoms with Crippen molar-refractivity contribution in [3.05, 3.63) is 18.2 Å². The maximum absolute atomic E-state index is 8.92. The van der Waals surface area contributed by atoms with Crippen LogP contribution in [0.15, 0.2) is 18.2 Å². The zero-order chi connectivity index (χ0) is 11.4. The smallest absolute Gasteiger partial charge is 0.163 e. The Labute approximate surface area is 95.2 Å². The molecule has 2 N–H and O–H groups in total. The summed E-state index contributed by atoms with van der Waals surface area (Å²) in [6.45, 7) is 4.14. The molecule has 1 atom stereocenters. The van der Waals surface area contributed by atoms with Crippen LogP contribution in [0.4, 0.5) is 5.69 Å². The summed E-state index contributed by atoms with van der Waals surface area (Å²) in [5.74, 6) is 1.83. The Morgan fingerprint density at radius 2 is 2.06 bits per heavy atom. The lowest BCUT2D eigenvalue weighted by molar-refractivity contribution is 0.171. The minimum absolute atomic E-state index is 0.192. The number of benzene rings is 1. The lowest BCUT2D eigenvalue weighted by atomic mass is 10.2. The zero-order valence-electron chi connectivity index (χ0n) is 9.40.